The van der Waals surface area contributed by atoms with Gasteiger partial charge in [-0.3, -0.25) is 0 Å². The van der Waals surface area contributed by atoms with E-state index in [-0.39, 0.29) is 23.9 Å². The Labute approximate surface area is 176 Å². The lowest BCUT2D eigenvalue weighted by Gasteiger charge is -2.38. The van der Waals surface area contributed by atoms with Crippen molar-refractivity contribution in [3.8, 4) is 0 Å². The Morgan fingerprint density at radius 2 is 1.89 bits per heavy atom. The molecule has 4 rings (SSSR count). The number of benzene rings is 2. The Hall–Kier alpha value is -1.53. The van der Waals surface area contributed by atoms with Gasteiger partial charge in [-0.2, -0.15) is 0 Å². The Bertz CT molecular complexity index is 1050. The molecule has 3 unspecified atom stereocenters. The molecule has 28 heavy (non-hydrogen) atoms. The first-order valence-corrected chi connectivity index (χ1v) is 11.5. The molecular formula is C21H22Cl2N2O2S. The zero-order valence-electron chi connectivity index (χ0n) is 15.6. The molecular weight excluding hydrogens is 415 g/mol. The molecule has 3 atom stereocenters. The number of allylic oxidation sites excluding steroid dienone is 2. The minimum absolute atomic E-state index is 0.0357. The lowest BCUT2D eigenvalue weighted by molar-refractivity contribution is 0.425. The van der Waals surface area contributed by atoms with Crippen LogP contribution < -0.4 is 10.0 Å². The highest BCUT2D eigenvalue weighted by Gasteiger charge is 2.39. The van der Waals surface area contributed by atoms with E-state index in [2.05, 4.69) is 22.2 Å². The molecule has 0 fully saturated rings. The van der Waals surface area contributed by atoms with E-state index in [1.165, 1.54) is 0 Å². The molecule has 0 spiro atoms. The first kappa shape index (κ1) is 19.8. The van der Waals surface area contributed by atoms with Gasteiger partial charge in [-0.25, -0.2) is 13.1 Å². The van der Waals surface area contributed by atoms with Crippen LogP contribution in [0.2, 0.25) is 10.0 Å². The van der Waals surface area contributed by atoms with Gasteiger partial charge in [0.15, 0.2) is 0 Å². The third-order valence-electron chi connectivity index (χ3n) is 5.33. The third-order valence-corrected chi connectivity index (χ3v) is 7.55. The largest absolute Gasteiger partial charge is 0.378 e. The van der Waals surface area contributed by atoms with E-state index in [0.29, 0.717) is 14.9 Å². The molecule has 1 heterocycles. The Balaban J connectivity index is 1.75. The average molecular weight is 437 g/mol. The molecule has 2 N–H and O–H groups in total. The van der Waals surface area contributed by atoms with E-state index in [9.17, 15) is 8.42 Å². The van der Waals surface area contributed by atoms with E-state index in [1.807, 2.05) is 32.0 Å². The predicted molar refractivity (Wildman–Crippen MR) is 115 cm³/mol. The molecule has 0 radical (unpaired) electrons. The summed E-state index contributed by atoms with van der Waals surface area (Å²) < 4.78 is 27.9. The van der Waals surface area contributed by atoms with Crippen LogP contribution in [0.1, 0.15) is 43.4 Å². The van der Waals surface area contributed by atoms with Crippen LogP contribution in [0.4, 0.5) is 5.69 Å². The lowest BCUT2D eigenvalue weighted by atomic mass is 9.77. The molecule has 0 saturated carbocycles. The van der Waals surface area contributed by atoms with Crippen molar-refractivity contribution in [3.63, 3.8) is 0 Å². The van der Waals surface area contributed by atoms with Crippen LogP contribution in [-0.2, 0) is 10.0 Å². The number of rotatable bonds is 4. The van der Waals surface area contributed by atoms with Crippen molar-refractivity contribution in [2.45, 2.75) is 43.2 Å². The van der Waals surface area contributed by atoms with E-state index in [0.717, 1.165) is 23.2 Å². The van der Waals surface area contributed by atoms with Crippen molar-refractivity contribution in [1.29, 1.82) is 0 Å². The molecule has 7 heteroatoms. The van der Waals surface area contributed by atoms with Gasteiger partial charge in [0.25, 0.3) is 0 Å². The van der Waals surface area contributed by atoms with Crippen molar-refractivity contribution < 1.29 is 8.42 Å². The maximum atomic E-state index is 12.6. The lowest BCUT2D eigenvalue weighted by Crippen LogP contribution is -2.32. The van der Waals surface area contributed by atoms with Crippen LogP contribution in [0.5, 0.6) is 0 Å². The van der Waals surface area contributed by atoms with Gasteiger partial charge in [0, 0.05) is 27.7 Å². The van der Waals surface area contributed by atoms with Crippen LogP contribution in [0, 0.1) is 5.92 Å². The average Bonchev–Trinajstić information content (AvgIpc) is 3.10. The van der Waals surface area contributed by atoms with Crippen molar-refractivity contribution in [1.82, 2.24) is 4.72 Å². The molecule has 2 aromatic carbocycles. The summed E-state index contributed by atoms with van der Waals surface area (Å²) in [4.78, 5) is 0.295. The number of hydrogen-bond acceptors (Lipinski definition) is 3. The highest BCUT2D eigenvalue weighted by Crippen LogP contribution is 2.51. The molecule has 1 aliphatic carbocycles. The summed E-state index contributed by atoms with van der Waals surface area (Å²) in [6.45, 7) is 3.63. The zero-order valence-corrected chi connectivity index (χ0v) is 17.9. The quantitative estimate of drug-likeness (QED) is 0.621. The van der Waals surface area contributed by atoms with Gasteiger partial charge in [0.05, 0.1) is 10.9 Å². The molecule has 2 aliphatic rings. The van der Waals surface area contributed by atoms with Crippen LogP contribution in [0.25, 0.3) is 0 Å². The first-order chi connectivity index (χ1) is 13.3. The summed E-state index contributed by atoms with van der Waals surface area (Å²) in [6, 6.07) is 10.8. The van der Waals surface area contributed by atoms with Crippen LogP contribution >= 0.6 is 23.2 Å². The fourth-order valence-electron chi connectivity index (χ4n) is 4.18. The second kappa shape index (κ2) is 7.38. The molecule has 1 aliphatic heterocycles. The summed E-state index contributed by atoms with van der Waals surface area (Å²) >= 11 is 12.5. The standard InChI is InChI=1S/C21H22Cl2N2O2S/c1-12(2)25-28(26,27)14-7-9-20-18(11-14)15-4-3-5-16(15)21(24-20)17-8-6-13(22)10-19(17)23/h3-4,6-12,15-16,21,24-25H,5H2,1-2H3. The fourth-order valence-corrected chi connectivity index (χ4v) is 5.99. The summed E-state index contributed by atoms with van der Waals surface area (Å²) in [5.74, 6) is 0.407. The van der Waals surface area contributed by atoms with E-state index in [1.54, 1.807) is 18.2 Å². The Kier molecular flexibility index (Phi) is 5.21. The van der Waals surface area contributed by atoms with Crippen LogP contribution in [-0.4, -0.2) is 14.5 Å². The fraction of sp³-hybridized carbons (Fsp3) is 0.333. The third kappa shape index (κ3) is 3.57. The summed E-state index contributed by atoms with van der Waals surface area (Å²) in [6.07, 6.45) is 5.24. The van der Waals surface area contributed by atoms with Crippen molar-refractivity contribution in [2.24, 2.45) is 5.92 Å². The SMILES string of the molecule is CC(C)NS(=O)(=O)c1ccc2c(c1)C1C=CCC1C(c1ccc(Cl)cc1Cl)N2. The number of fused-ring (bicyclic) bond motifs is 3. The van der Waals surface area contributed by atoms with Crippen molar-refractivity contribution >= 4 is 38.9 Å². The second-order valence-corrected chi connectivity index (χ2v) is 10.2. The minimum Gasteiger partial charge on any atom is -0.378 e. The van der Waals surface area contributed by atoms with Crippen LogP contribution in [0.3, 0.4) is 0 Å². The number of anilines is 1. The summed E-state index contributed by atoms with van der Waals surface area (Å²) in [5.41, 5.74) is 2.95. The number of hydrogen-bond donors (Lipinski definition) is 2. The monoisotopic (exact) mass is 436 g/mol. The number of halogens is 2. The molecule has 0 aromatic heterocycles. The number of nitrogens with one attached hydrogen (secondary N) is 2. The molecule has 4 nitrogen and oxygen atoms in total. The summed E-state index contributed by atoms with van der Waals surface area (Å²) in [7, 11) is -3.54. The van der Waals surface area contributed by atoms with Crippen LogP contribution in [0.15, 0.2) is 53.4 Å². The first-order valence-electron chi connectivity index (χ1n) is 9.30. The van der Waals surface area contributed by atoms with Gasteiger partial charge >= 0.3 is 0 Å². The molecule has 148 valence electrons. The topological polar surface area (TPSA) is 58.2 Å². The maximum absolute atomic E-state index is 12.6. The van der Waals surface area contributed by atoms with E-state index < -0.39 is 10.0 Å². The predicted octanol–water partition coefficient (Wildman–Crippen LogP) is 5.51. The maximum Gasteiger partial charge on any atom is 0.240 e. The molecule has 0 amide bonds. The van der Waals surface area contributed by atoms with Gasteiger partial charge in [-0.1, -0.05) is 41.4 Å². The van der Waals surface area contributed by atoms with Gasteiger partial charge in [-0.15, -0.1) is 0 Å². The molecule has 0 saturated heterocycles. The molecule has 0 bridgehead atoms. The smallest absolute Gasteiger partial charge is 0.240 e. The second-order valence-electron chi connectivity index (χ2n) is 7.67. The van der Waals surface area contributed by atoms with Gasteiger partial charge in [-0.05, 0) is 67.6 Å². The summed E-state index contributed by atoms with van der Waals surface area (Å²) in [5, 5.41) is 4.83. The normalized spacial score (nSPS) is 23.4. The van der Waals surface area contributed by atoms with Gasteiger partial charge < -0.3 is 5.32 Å². The van der Waals surface area contributed by atoms with E-state index in [4.69, 9.17) is 23.2 Å². The van der Waals surface area contributed by atoms with Gasteiger partial charge in [0.1, 0.15) is 0 Å². The highest BCUT2D eigenvalue weighted by atomic mass is 35.5. The Morgan fingerprint density at radius 1 is 1.11 bits per heavy atom. The Morgan fingerprint density at radius 3 is 2.61 bits per heavy atom. The van der Waals surface area contributed by atoms with E-state index >= 15 is 0 Å². The van der Waals surface area contributed by atoms with Gasteiger partial charge in [0.2, 0.25) is 10.0 Å². The highest BCUT2D eigenvalue weighted by molar-refractivity contribution is 7.89. The molecule has 2 aromatic rings. The number of sulfonamides is 1. The van der Waals surface area contributed by atoms with Crippen molar-refractivity contribution in [3.05, 3.63) is 69.7 Å². The zero-order chi connectivity index (χ0) is 20.1. The van der Waals surface area contributed by atoms with Crippen molar-refractivity contribution in [2.75, 3.05) is 5.32 Å². The minimum atomic E-state index is -3.54.